The average molecular weight is 478 g/mol. The van der Waals surface area contributed by atoms with Crippen molar-refractivity contribution in [2.45, 2.75) is 55.9 Å². The van der Waals surface area contributed by atoms with Crippen molar-refractivity contribution in [2.75, 3.05) is 32.1 Å². The topological polar surface area (TPSA) is 119 Å². The van der Waals surface area contributed by atoms with Gasteiger partial charge in [-0.2, -0.15) is 5.01 Å². The summed E-state index contributed by atoms with van der Waals surface area (Å²) in [6.07, 6.45) is 4.62. The Morgan fingerprint density at radius 3 is 2.39 bits per heavy atom. The lowest BCUT2D eigenvalue weighted by molar-refractivity contribution is -0.134. The fourth-order valence-corrected chi connectivity index (χ4v) is 5.71. The molecule has 11 heteroatoms. The summed E-state index contributed by atoms with van der Waals surface area (Å²) in [5.41, 5.74) is 2.16. The van der Waals surface area contributed by atoms with Crippen LogP contribution in [0.25, 0.3) is 0 Å². The molecule has 0 unspecified atom stereocenters. The molecule has 180 valence electrons. The maximum atomic E-state index is 13.3. The Morgan fingerprint density at radius 2 is 1.79 bits per heavy atom. The van der Waals surface area contributed by atoms with Crippen LogP contribution in [0.5, 0.6) is 0 Å². The number of benzene rings is 1. The summed E-state index contributed by atoms with van der Waals surface area (Å²) in [6.45, 7) is 3.59. The van der Waals surface area contributed by atoms with E-state index in [1.165, 1.54) is 26.2 Å². The molecule has 2 N–H and O–H groups in total. The van der Waals surface area contributed by atoms with E-state index in [0.717, 1.165) is 48.1 Å². The quantitative estimate of drug-likeness (QED) is 0.623. The predicted octanol–water partition coefficient (Wildman–Crippen LogP) is 1.68. The van der Waals surface area contributed by atoms with Crippen LogP contribution in [0.4, 0.5) is 10.5 Å². The molecule has 0 bridgehead atoms. The summed E-state index contributed by atoms with van der Waals surface area (Å²) < 4.78 is 26.4. The molecule has 1 aromatic rings. The number of urea groups is 1. The monoisotopic (exact) mass is 477 g/mol. The standard InChI is InChI=1S/C22H31N5O5S/c1-15-8-10-22(11-9-15)20(29)27(21(30)23-22)24-19(28)17-14-16(33(31,32)25(2)3)6-7-18(17)26-12-4-5-13-26/h6-7,14-15H,4-5,8-13H2,1-3H3,(H,23,30)(H,24,28). The summed E-state index contributed by atoms with van der Waals surface area (Å²) in [5, 5.41) is 3.53. The van der Waals surface area contributed by atoms with Gasteiger partial charge in [0.25, 0.3) is 11.8 Å². The first-order valence-corrected chi connectivity index (χ1v) is 12.8. The molecule has 1 saturated carbocycles. The first-order valence-electron chi connectivity index (χ1n) is 11.3. The van der Waals surface area contributed by atoms with Crippen molar-refractivity contribution in [3.05, 3.63) is 23.8 Å². The van der Waals surface area contributed by atoms with Crippen molar-refractivity contribution in [1.82, 2.24) is 20.1 Å². The highest BCUT2D eigenvalue weighted by Gasteiger charge is 2.53. The molecule has 3 fully saturated rings. The van der Waals surface area contributed by atoms with Gasteiger partial charge in [0.1, 0.15) is 5.54 Å². The van der Waals surface area contributed by atoms with Crippen LogP contribution in [-0.4, -0.2) is 68.3 Å². The molecule has 2 aliphatic heterocycles. The molecule has 4 amide bonds. The van der Waals surface area contributed by atoms with E-state index in [1.54, 1.807) is 6.07 Å². The second-order valence-corrected chi connectivity index (χ2v) is 11.6. The second kappa shape index (κ2) is 8.60. The molecule has 2 heterocycles. The van der Waals surface area contributed by atoms with Gasteiger partial charge in [-0.25, -0.2) is 17.5 Å². The van der Waals surface area contributed by atoms with Crippen molar-refractivity contribution in [3.8, 4) is 0 Å². The fraction of sp³-hybridized carbons (Fsp3) is 0.591. The first kappa shape index (κ1) is 23.5. The van der Waals surface area contributed by atoms with Gasteiger partial charge >= 0.3 is 6.03 Å². The zero-order chi connectivity index (χ0) is 24.0. The van der Waals surface area contributed by atoms with E-state index in [4.69, 9.17) is 0 Å². The number of carbonyl (C=O) groups is 3. The molecule has 10 nitrogen and oxygen atoms in total. The van der Waals surface area contributed by atoms with Crippen LogP contribution in [0.1, 0.15) is 55.8 Å². The number of sulfonamides is 1. The van der Waals surface area contributed by atoms with Gasteiger partial charge in [0, 0.05) is 32.9 Å². The summed E-state index contributed by atoms with van der Waals surface area (Å²) in [5.74, 6) is -0.682. The van der Waals surface area contributed by atoms with Gasteiger partial charge in [-0.1, -0.05) is 6.92 Å². The number of nitrogens with one attached hydrogen (secondary N) is 2. The molecule has 3 aliphatic rings. The third-order valence-electron chi connectivity index (χ3n) is 6.94. The zero-order valence-corrected chi connectivity index (χ0v) is 20.1. The molecule has 1 aliphatic carbocycles. The summed E-state index contributed by atoms with van der Waals surface area (Å²) >= 11 is 0. The predicted molar refractivity (Wildman–Crippen MR) is 122 cm³/mol. The minimum atomic E-state index is -3.77. The smallest absolute Gasteiger partial charge is 0.344 e. The minimum absolute atomic E-state index is 0.0319. The highest BCUT2D eigenvalue weighted by molar-refractivity contribution is 7.89. The van der Waals surface area contributed by atoms with Crippen molar-refractivity contribution >= 4 is 33.6 Å². The van der Waals surface area contributed by atoms with Crippen LogP contribution in [-0.2, 0) is 14.8 Å². The van der Waals surface area contributed by atoms with Crippen molar-refractivity contribution in [1.29, 1.82) is 0 Å². The van der Waals surface area contributed by atoms with Crippen molar-refractivity contribution < 1.29 is 22.8 Å². The zero-order valence-electron chi connectivity index (χ0n) is 19.3. The molecule has 2 saturated heterocycles. The SMILES string of the molecule is CC1CCC2(CC1)NC(=O)N(NC(=O)c1cc(S(=O)(=O)N(C)C)ccc1N1CCCC1)C2=O. The Hall–Kier alpha value is -2.66. The molecule has 33 heavy (non-hydrogen) atoms. The maximum absolute atomic E-state index is 13.3. The fourth-order valence-electron chi connectivity index (χ4n) is 4.78. The number of imide groups is 1. The Morgan fingerprint density at radius 1 is 1.15 bits per heavy atom. The molecule has 1 aromatic carbocycles. The maximum Gasteiger partial charge on any atom is 0.344 e. The third-order valence-corrected chi connectivity index (χ3v) is 8.75. The van der Waals surface area contributed by atoms with Crippen LogP contribution in [0.3, 0.4) is 0 Å². The second-order valence-electron chi connectivity index (χ2n) is 9.44. The van der Waals surface area contributed by atoms with Gasteiger partial charge in [-0.05, 0) is 62.6 Å². The summed E-state index contributed by atoms with van der Waals surface area (Å²) in [6, 6.07) is 3.75. The molecular weight excluding hydrogens is 446 g/mol. The largest absolute Gasteiger partial charge is 0.371 e. The van der Waals surface area contributed by atoms with Crippen molar-refractivity contribution in [2.24, 2.45) is 5.92 Å². The van der Waals surface area contributed by atoms with E-state index in [2.05, 4.69) is 17.7 Å². The van der Waals surface area contributed by atoms with Crippen LogP contribution < -0.4 is 15.6 Å². The lowest BCUT2D eigenvalue weighted by Crippen LogP contribution is -2.51. The summed E-state index contributed by atoms with van der Waals surface area (Å²) in [4.78, 5) is 41.1. The number of hydrazine groups is 1. The van der Waals surface area contributed by atoms with E-state index >= 15 is 0 Å². The number of rotatable bonds is 5. The Kier molecular flexibility index (Phi) is 6.12. The number of anilines is 1. The highest BCUT2D eigenvalue weighted by atomic mass is 32.2. The van der Waals surface area contributed by atoms with Crippen LogP contribution in [0, 0.1) is 5.92 Å². The van der Waals surface area contributed by atoms with E-state index in [0.29, 0.717) is 24.4 Å². The molecule has 4 rings (SSSR count). The normalized spacial score (nSPS) is 25.8. The number of amides is 4. The molecule has 0 aromatic heterocycles. The Bertz CT molecular complexity index is 1070. The number of nitrogens with zero attached hydrogens (tertiary/aromatic N) is 3. The number of hydrogen-bond donors (Lipinski definition) is 2. The van der Waals surface area contributed by atoms with Gasteiger partial charge in [0.15, 0.2) is 0 Å². The molecular formula is C22H31N5O5S. The van der Waals surface area contributed by atoms with Crippen LogP contribution in [0.2, 0.25) is 0 Å². The molecule has 0 radical (unpaired) electrons. The molecule has 1 spiro atoms. The molecule has 0 atom stereocenters. The van der Waals surface area contributed by atoms with Gasteiger partial charge in [0.05, 0.1) is 10.5 Å². The van der Waals surface area contributed by atoms with Gasteiger partial charge < -0.3 is 10.2 Å². The third kappa shape index (κ3) is 4.19. The lowest BCUT2D eigenvalue weighted by Gasteiger charge is -2.33. The van der Waals surface area contributed by atoms with Crippen LogP contribution in [0.15, 0.2) is 23.1 Å². The first-order chi connectivity index (χ1) is 15.5. The Balaban J connectivity index is 1.64. The van der Waals surface area contributed by atoms with Crippen LogP contribution >= 0.6 is 0 Å². The summed E-state index contributed by atoms with van der Waals surface area (Å²) in [7, 11) is -0.939. The van der Waals surface area contributed by atoms with Crippen molar-refractivity contribution in [3.63, 3.8) is 0 Å². The van der Waals surface area contributed by atoms with E-state index in [1.807, 2.05) is 4.90 Å². The van der Waals surface area contributed by atoms with Gasteiger partial charge in [-0.15, -0.1) is 0 Å². The number of hydrogen-bond acceptors (Lipinski definition) is 6. The Labute approximate surface area is 194 Å². The number of carbonyl (C=O) groups excluding carboxylic acids is 3. The minimum Gasteiger partial charge on any atom is -0.371 e. The van der Waals surface area contributed by atoms with Gasteiger partial charge in [-0.3, -0.25) is 15.0 Å². The highest BCUT2D eigenvalue weighted by Crippen LogP contribution is 2.36. The average Bonchev–Trinajstić information content (AvgIpc) is 3.39. The lowest BCUT2D eigenvalue weighted by atomic mass is 9.77. The van der Waals surface area contributed by atoms with E-state index < -0.39 is 33.4 Å². The van der Waals surface area contributed by atoms with E-state index in [-0.39, 0.29) is 10.5 Å². The van der Waals surface area contributed by atoms with E-state index in [9.17, 15) is 22.8 Å². The van der Waals surface area contributed by atoms with Gasteiger partial charge in [0.2, 0.25) is 10.0 Å².